The van der Waals surface area contributed by atoms with Gasteiger partial charge >= 0.3 is 0 Å². The van der Waals surface area contributed by atoms with Crippen LogP contribution in [0.4, 0.5) is 26.2 Å². The summed E-state index contributed by atoms with van der Waals surface area (Å²) in [5.41, 5.74) is 0.972. The van der Waals surface area contributed by atoms with E-state index in [9.17, 15) is 13.6 Å². The lowest BCUT2D eigenvalue weighted by Crippen LogP contribution is -2.42. The van der Waals surface area contributed by atoms with Crippen molar-refractivity contribution in [3.63, 3.8) is 0 Å². The molecule has 0 bridgehead atoms. The maximum atomic E-state index is 13.3. The molecule has 0 atom stereocenters. The highest BCUT2D eigenvalue weighted by Gasteiger charge is 2.35. The molecule has 1 aromatic carbocycles. The molecule has 1 amide bonds. The largest absolute Gasteiger partial charge is 0.495 e. The van der Waals surface area contributed by atoms with E-state index in [1.807, 2.05) is 0 Å². The van der Waals surface area contributed by atoms with Crippen molar-refractivity contribution >= 4 is 23.4 Å². The minimum atomic E-state index is -2.69. The number of hydrogen-bond donors (Lipinski definition) is 2. The van der Waals surface area contributed by atoms with E-state index >= 15 is 0 Å². The number of nitrogens with one attached hydrogen (secondary N) is 2. The second kappa shape index (κ2) is 7.73. The number of alkyl halides is 2. The third kappa shape index (κ3) is 4.42. The van der Waals surface area contributed by atoms with Crippen LogP contribution in [0.1, 0.15) is 23.2 Å². The van der Waals surface area contributed by atoms with Crippen LogP contribution in [-0.4, -0.2) is 53.9 Å². The van der Waals surface area contributed by atoms with Gasteiger partial charge in [-0.3, -0.25) is 4.79 Å². The van der Waals surface area contributed by atoms with E-state index in [2.05, 4.69) is 20.6 Å². The van der Waals surface area contributed by atoms with E-state index < -0.39 is 5.92 Å². The molecule has 0 spiro atoms. The molecule has 7 nitrogen and oxygen atoms in total. The van der Waals surface area contributed by atoms with E-state index in [1.54, 1.807) is 37.5 Å². The summed E-state index contributed by atoms with van der Waals surface area (Å²) in [4.78, 5) is 22.5. The number of methoxy groups -OCH3 is 1. The maximum absolute atomic E-state index is 13.3. The van der Waals surface area contributed by atoms with Gasteiger partial charge in [0.1, 0.15) is 11.6 Å². The Labute approximate surface area is 155 Å². The van der Waals surface area contributed by atoms with E-state index in [4.69, 9.17) is 4.74 Å². The SMILES string of the molecule is CNc1ccnc(Nc2ccc(C(=O)N3CCC(F)(F)CC3)cc2OC)n1. The van der Waals surface area contributed by atoms with Crippen molar-refractivity contribution in [2.45, 2.75) is 18.8 Å². The molecule has 1 fully saturated rings. The molecule has 27 heavy (non-hydrogen) atoms. The summed E-state index contributed by atoms with van der Waals surface area (Å²) in [6, 6.07) is 6.62. The van der Waals surface area contributed by atoms with Crippen LogP contribution in [0.2, 0.25) is 0 Å². The van der Waals surface area contributed by atoms with E-state index in [0.29, 0.717) is 28.8 Å². The van der Waals surface area contributed by atoms with Gasteiger partial charge in [0, 0.05) is 44.7 Å². The molecule has 2 heterocycles. The zero-order valence-electron chi connectivity index (χ0n) is 15.1. The van der Waals surface area contributed by atoms with Crippen molar-refractivity contribution in [3.8, 4) is 5.75 Å². The second-order valence-corrected chi connectivity index (χ2v) is 6.20. The number of aromatic nitrogens is 2. The quantitative estimate of drug-likeness (QED) is 0.833. The summed E-state index contributed by atoms with van der Waals surface area (Å²) in [6.45, 7) is 0.0810. The fourth-order valence-corrected chi connectivity index (χ4v) is 2.83. The molecule has 0 unspecified atom stereocenters. The lowest BCUT2D eigenvalue weighted by atomic mass is 10.1. The van der Waals surface area contributed by atoms with Gasteiger partial charge in [-0.15, -0.1) is 0 Å². The number of benzene rings is 1. The first kappa shape index (κ1) is 18.8. The molecule has 3 rings (SSSR count). The number of likely N-dealkylation sites (tertiary alicyclic amines) is 1. The Morgan fingerprint density at radius 3 is 2.67 bits per heavy atom. The third-order valence-electron chi connectivity index (χ3n) is 4.39. The molecule has 0 saturated carbocycles. The minimum absolute atomic E-state index is 0.0405. The average molecular weight is 377 g/mol. The molecule has 1 aliphatic rings. The molecule has 1 saturated heterocycles. The summed E-state index contributed by atoms with van der Waals surface area (Å²) >= 11 is 0. The highest BCUT2D eigenvalue weighted by atomic mass is 19.3. The van der Waals surface area contributed by atoms with Crippen molar-refractivity contribution in [3.05, 3.63) is 36.0 Å². The number of anilines is 3. The van der Waals surface area contributed by atoms with Crippen molar-refractivity contribution < 1.29 is 18.3 Å². The molecule has 2 aromatic rings. The van der Waals surface area contributed by atoms with Gasteiger partial charge in [0.25, 0.3) is 11.8 Å². The van der Waals surface area contributed by atoms with Crippen LogP contribution in [0, 0.1) is 0 Å². The first-order valence-corrected chi connectivity index (χ1v) is 8.55. The Bertz CT molecular complexity index is 821. The Balaban J connectivity index is 1.76. The highest BCUT2D eigenvalue weighted by Crippen LogP contribution is 2.31. The summed E-state index contributed by atoms with van der Waals surface area (Å²) in [5.74, 6) is -1.52. The van der Waals surface area contributed by atoms with Crippen molar-refractivity contribution in [2.24, 2.45) is 0 Å². The fourth-order valence-electron chi connectivity index (χ4n) is 2.83. The lowest BCUT2D eigenvalue weighted by molar-refractivity contribution is -0.0494. The van der Waals surface area contributed by atoms with E-state index in [1.165, 1.54) is 12.0 Å². The predicted molar refractivity (Wildman–Crippen MR) is 97.9 cm³/mol. The van der Waals surface area contributed by atoms with Gasteiger partial charge in [0.05, 0.1) is 12.8 Å². The standard InChI is InChI=1S/C18H21F2N5O2/c1-21-15-5-8-22-17(24-15)23-13-4-3-12(11-14(13)27-2)16(26)25-9-6-18(19,20)7-10-25/h3-5,8,11H,6-7,9-10H2,1-2H3,(H2,21,22,23,24). The Morgan fingerprint density at radius 1 is 1.26 bits per heavy atom. The van der Waals surface area contributed by atoms with Crippen LogP contribution < -0.4 is 15.4 Å². The van der Waals surface area contributed by atoms with Gasteiger partial charge < -0.3 is 20.3 Å². The van der Waals surface area contributed by atoms with Crippen LogP contribution in [-0.2, 0) is 0 Å². The number of hydrogen-bond acceptors (Lipinski definition) is 6. The Kier molecular flexibility index (Phi) is 5.38. The van der Waals surface area contributed by atoms with Gasteiger partial charge in [-0.1, -0.05) is 0 Å². The normalized spacial score (nSPS) is 15.9. The smallest absolute Gasteiger partial charge is 0.253 e. The van der Waals surface area contributed by atoms with Crippen molar-refractivity contribution in [2.75, 3.05) is 37.9 Å². The fraction of sp³-hybridized carbons (Fsp3) is 0.389. The molecule has 0 aliphatic carbocycles. The molecule has 1 aromatic heterocycles. The van der Waals surface area contributed by atoms with Crippen LogP contribution >= 0.6 is 0 Å². The van der Waals surface area contributed by atoms with Gasteiger partial charge in [0.2, 0.25) is 5.95 Å². The van der Waals surface area contributed by atoms with Crippen molar-refractivity contribution in [1.29, 1.82) is 0 Å². The van der Waals surface area contributed by atoms with Gasteiger partial charge in [-0.05, 0) is 24.3 Å². The van der Waals surface area contributed by atoms with E-state index in [-0.39, 0.29) is 31.8 Å². The highest BCUT2D eigenvalue weighted by molar-refractivity contribution is 5.95. The summed E-state index contributed by atoms with van der Waals surface area (Å²) < 4.78 is 31.9. The first-order chi connectivity index (χ1) is 12.9. The minimum Gasteiger partial charge on any atom is -0.495 e. The topological polar surface area (TPSA) is 79.4 Å². The predicted octanol–water partition coefficient (Wildman–Crippen LogP) is 3.14. The number of ether oxygens (including phenoxy) is 1. The monoisotopic (exact) mass is 377 g/mol. The second-order valence-electron chi connectivity index (χ2n) is 6.20. The molecule has 2 N–H and O–H groups in total. The van der Waals surface area contributed by atoms with Gasteiger partial charge in [-0.25, -0.2) is 13.8 Å². The number of nitrogens with zero attached hydrogens (tertiary/aromatic N) is 3. The number of amides is 1. The summed E-state index contributed by atoms with van der Waals surface area (Å²) in [6.07, 6.45) is 0.987. The summed E-state index contributed by atoms with van der Waals surface area (Å²) in [5, 5.41) is 5.97. The first-order valence-electron chi connectivity index (χ1n) is 8.55. The van der Waals surface area contributed by atoms with Crippen LogP contribution in [0.25, 0.3) is 0 Å². The molecular weight excluding hydrogens is 356 g/mol. The molecule has 9 heteroatoms. The summed E-state index contributed by atoms with van der Waals surface area (Å²) in [7, 11) is 3.24. The van der Waals surface area contributed by atoms with Crippen LogP contribution in [0.3, 0.4) is 0 Å². The molecule has 1 aliphatic heterocycles. The maximum Gasteiger partial charge on any atom is 0.253 e. The van der Waals surface area contributed by atoms with E-state index in [0.717, 1.165) is 0 Å². The Hall–Kier alpha value is -2.97. The average Bonchev–Trinajstić information content (AvgIpc) is 2.68. The number of piperidine rings is 1. The molecule has 0 radical (unpaired) electrons. The number of rotatable bonds is 5. The van der Waals surface area contributed by atoms with Crippen LogP contribution in [0.5, 0.6) is 5.75 Å². The number of carbonyl (C=O) groups is 1. The molecular formula is C18H21F2N5O2. The lowest BCUT2D eigenvalue weighted by Gasteiger charge is -2.31. The Morgan fingerprint density at radius 2 is 2.00 bits per heavy atom. The van der Waals surface area contributed by atoms with Crippen molar-refractivity contribution in [1.82, 2.24) is 14.9 Å². The zero-order valence-corrected chi connectivity index (χ0v) is 15.1. The van der Waals surface area contributed by atoms with Crippen LogP contribution in [0.15, 0.2) is 30.5 Å². The molecule has 144 valence electrons. The number of carbonyl (C=O) groups excluding carboxylic acids is 1. The van der Waals surface area contributed by atoms with Gasteiger partial charge in [-0.2, -0.15) is 4.98 Å². The van der Waals surface area contributed by atoms with Gasteiger partial charge in [0.15, 0.2) is 0 Å². The third-order valence-corrected chi connectivity index (χ3v) is 4.39. The number of halogens is 2. The zero-order chi connectivity index (χ0) is 19.4.